The normalized spacial score (nSPS) is 10.6. The fraction of sp³-hybridized carbons (Fsp3) is 0.0909. The standard InChI is InChI=1S/C22H18N4O2/c1-28-20-9-5-4-8-18(20)22(27)24-21-17-7-3-2-6-16(17)19(25-26-21)14-15-10-12-23-13-11-15/h2-13H,14H2,1H3,(H,24,26,27). The lowest BCUT2D eigenvalue weighted by Crippen LogP contribution is -2.15. The van der Waals surface area contributed by atoms with Gasteiger partial charge in [0.25, 0.3) is 5.91 Å². The van der Waals surface area contributed by atoms with Crippen LogP contribution >= 0.6 is 0 Å². The van der Waals surface area contributed by atoms with Gasteiger partial charge in [-0.25, -0.2) is 0 Å². The molecule has 2 aromatic heterocycles. The van der Waals surface area contributed by atoms with Gasteiger partial charge in [0, 0.05) is 29.6 Å². The molecule has 0 atom stereocenters. The number of nitrogens with zero attached hydrogens (tertiary/aromatic N) is 3. The second-order valence-electron chi connectivity index (χ2n) is 6.23. The number of hydrogen-bond donors (Lipinski definition) is 1. The smallest absolute Gasteiger partial charge is 0.260 e. The Bertz CT molecular complexity index is 1130. The van der Waals surface area contributed by atoms with E-state index in [4.69, 9.17) is 4.74 Å². The molecule has 1 amide bonds. The molecule has 0 saturated carbocycles. The first-order valence-electron chi connectivity index (χ1n) is 8.84. The van der Waals surface area contributed by atoms with E-state index in [1.54, 1.807) is 30.6 Å². The quantitative estimate of drug-likeness (QED) is 0.577. The average Bonchev–Trinajstić information content (AvgIpc) is 2.76. The van der Waals surface area contributed by atoms with E-state index in [-0.39, 0.29) is 5.91 Å². The van der Waals surface area contributed by atoms with E-state index >= 15 is 0 Å². The zero-order chi connectivity index (χ0) is 19.3. The van der Waals surface area contributed by atoms with Crippen LogP contribution in [0.2, 0.25) is 0 Å². The molecule has 0 bridgehead atoms. The number of anilines is 1. The van der Waals surface area contributed by atoms with Gasteiger partial charge in [-0.05, 0) is 29.8 Å². The maximum atomic E-state index is 12.7. The number of rotatable bonds is 5. The van der Waals surface area contributed by atoms with Gasteiger partial charge in [0.1, 0.15) is 5.75 Å². The molecule has 4 rings (SSSR count). The molecule has 138 valence electrons. The van der Waals surface area contributed by atoms with Crippen LogP contribution in [-0.4, -0.2) is 28.2 Å². The maximum Gasteiger partial charge on any atom is 0.260 e. The molecule has 0 aliphatic carbocycles. The molecular formula is C22H18N4O2. The van der Waals surface area contributed by atoms with Crippen molar-refractivity contribution in [2.75, 3.05) is 12.4 Å². The second-order valence-corrected chi connectivity index (χ2v) is 6.23. The molecule has 0 unspecified atom stereocenters. The summed E-state index contributed by atoms with van der Waals surface area (Å²) in [6, 6.07) is 18.7. The van der Waals surface area contributed by atoms with Crippen LogP contribution in [0.1, 0.15) is 21.6 Å². The third kappa shape index (κ3) is 3.53. The number of aromatic nitrogens is 3. The van der Waals surface area contributed by atoms with Crippen molar-refractivity contribution in [1.29, 1.82) is 0 Å². The van der Waals surface area contributed by atoms with Gasteiger partial charge in [0.2, 0.25) is 0 Å². The van der Waals surface area contributed by atoms with Crippen molar-refractivity contribution >= 4 is 22.5 Å². The van der Waals surface area contributed by atoms with E-state index in [1.165, 1.54) is 7.11 Å². The monoisotopic (exact) mass is 370 g/mol. The Balaban J connectivity index is 1.69. The summed E-state index contributed by atoms with van der Waals surface area (Å²) in [7, 11) is 1.54. The van der Waals surface area contributed by atoms with Gasteiger partial charge in [-0.15, -0.1) is 5.10 Å². The molecule has 0 aliphatic rings. The van der Waals surface area contributed by atoms with Crippen LogP contribution in [0, 0.1) is 0 Å². The number of para-hydroxylation sites is 1. The van der Waals surface area contributed by atoms with Crippen molar-refractivity contribution in [3.8, 4) is 5.75 Å². The molecule has 6 heteroatoms. The Morgan fingerprint density at radius 2 is 1.64 bits per heavy atom. The predicted molar refractivity (Wildman–Crippen MR) is 108 cm³/mol. The van der Waals surface area contributed by atoms with Gasteiger partial charge in [-0.3, -0.25) is 9.78 Å². The topological polar surface area (TPSA) is 77.0 Å². The fourth-order valence-corrected chi connectivity index (χ4v) is 3.08. The van der Waals surface area contributed by atoms with Crippen molar-refractivity contribution in [2.45, 2.75) is 6.42 Å². The molecule has 1 N–H and O–H groups in total. The van der Waals surface area contributed by atoms with Crippen molar-refractivity contribution in [2.24, 2.45) is 0 Å². The highest BCUT2D eigenvalue weighted by molar-refractivity contribution is 6.09. The number of ether oxygens (including phenoxy) is 1. The molecular weight excluding hydrogens is 352 g/mol. The Labute approximate surface area is 162 Å². The summed E-state index contributed by atoms with van der Waals surface area (Å²) in [5.74, 6) is 0.635. The van der Waals surface area contributed by atoms with Gasteiger partial charge in [0.15, 0.2) is 5.82 Å². The molecule has 2 heterocycles. The van der Waals surface area contributed by atoms with E-state index in [2.05, 4.69) is 20.5 Å². The summed E-state index contributed by atoms with van der Waals surface area (Å²) in [5, 5.41) is 13.3. The van der Waals surface area contributed by atoms with Crippen molar-refractivity contribution in [1.82, 2.24) is 15.2 Å². The fourth-order valence-electron chi connectivity index (χ4n) is 3.08. The van der Waals surface area contributed by atoms with Crippen LogP contribution < -0.4 is 10.1 Å². The first-order chi connectivity index (χ1) is 13.8. The molecule has 0 saturated heterocycles. The van der Waals surface area contributed by atoms with Gasteiger partial charge in [0.05, 0.1) is 18.4 Å². The Morgan fingerprint density at radius 3 is 2.43 bits per heavy atom. The van der Waals surface area contributed by atoms with Gasteiger partial charge in [-0.2, -0.15) is 5.10 Å². The summed E-state index contributed by atoms with van der Waals surface area (Å²) in [6.45, 7) is 0. The lowest BCUT2D eigenvalue weighted by Gasteiger charge is -2.12. The number of hydrogen-bond acceptors (Lipinski definition) is 5. The van der Waals surface area contributed by atoms with Crippen LogP contribution in [0.5, 0.6) is 5.75 Å². The van der Waals surface area contributed by atoms with E-state index in [0.717, 1.165) is 22.0 Å². The van der Waals surface area contributed by atoms with Crippen molar-refractivity contribution in [3.05, 3.63) is 89.9 Å². The van der Waals surface area contributed by atoms with Crippen LogP contribution in [0.3, 0.4) is 0 Å². The Kier molecular flexibility index (Phi) is 4.93. The average molecular weight is 370 g/mol. The largest absolute Gasteiger partial charge is 0.496 e. The summed E-state index contributed by atoms with van der Waals surface area (Å²) in [4.78, 5) is 16.8. The molecule has 0 aliphatic heterocycles. The molecule has 0 fully saturated rings. The molecule has 0 spiro atoms. The molecule has 6 nitrogen and oxygen atoms in total. The van der Waals surface area contributed by atoms with E-state index in [0.29, 0.717) is 23.6 Å². The van der Waals surface area contributed by atoms with Crippen LogP contribution in [0.15, 0.2) is 73.1 Å². The molecule has 2 aromatic carbocycles. The molecule has 4 aromatic rings. The minimum Gasteiger partial charge on any atom is -0.496 e. The SMILES string of the molecule is COc1ccccc1C(=O)Nc1nnc(Cc2ccncc2)c2ccccc12. The summed E-state index contributed by atoms with van der Waals surface area (Å²) < 4.78 is 5.28. The predicted octanol–water partition coefficient (Wildman–Crippen LogP) is 3.88. The van der Waals surface area contributed by atoms with Gasteiger partial charge in [-0.1, -0.05) is 36.4 Å². The molecule has 28 heavy (non-hydrogen) atoms. The third-order valence-corrected chi connectivity index (χ3v) is 4.47. The highest BCUT2D eigenvalue weighted by Gasteiger charge is 2.15. The zero-order valence-electron chi connectivity index (χ0n) is 15.3. The summed E-state index contributed by atoms with van der Waals surface area (Å²) >= 11 is 0. The molecule has 0 radical (unpaired) electrons. The highest BCUT2D eigenvalue weighted by Crippen LogP contribution is 2.26. The van der Waals surface area contributed by atoms with Crippen molar-refractivity contribution in [3.63, 3.8) is 0 Å². The zero-order valence-corrected chi connectivity index (χ0v) is 15.3. The van der Waals surface area contributed by atoms with E-state index in [1.807, 2.05) is 42.5 Å². The third-order valence-electron chi connectivity index (χ3n) is 4.47. The number of carbonyl (C=O) groups is 1. The number of methoxy groups -OCH3 is 1. The Hall–Kier alpha value is -3.80. The number of fused-ring (bicyclic) bond motifs is 1. The van der Waals surface area contributed by atoms with Crippen LogP contribution in [0.25, 0.3) is 10.8 Å². The highest BCUT2D eigenvalue weighted by atomic mass is 16.5. The Morgan fingerprint density at radius 1 is 0.929 bits per heavy atom. The number of carbonyl (C=O) groups excluding carboxylic acids is 1. The van der Waals surface area contributed by atoms with Gasteiger partial charge >= 0.3 is 0 Å². The number of pyridine rings is 1. The minimum atomic E-state index is -0.293. The van der Waals surface area contributed by atoms with E-state index in [9.17, 15) is 4.79 Å². The van der Waals surface area contributed by atoms with Crippen LogP contribution in [-0.2, 0) is 6.42 Å². The first-order valence-corrected chi connectivity index (χ1v) is 8.84. The number of amides is 1. The van der Waals surface area contributed by atoms with Crippen molar-refractivity contribution < 1.29 is 9.53 Å². The second kappa shape index (κ2) is 7.84. The number of nitrogens with one attached hydrogen (secondary N) is 1. The lowest BCUT2D eigenvalue weighted by atomic mass is 10.0. The first kappa shape index (κ1) is 17.6. The lowest BCUT2D eigenvalue weighted by molar-refractivity contribution is 0.102. The van der Waals surface area contributed by atoms with Crippen LogP contribution in [0.4, 0.5) is 5.82 Å². The minimum absolute atomic E-state index is 0.293. The number of benzene rings is 2. The van der Waals surface area contributed by atoms with Gasteiger partial charge < -0.3 is 10.1 Å². The summed E-state index contributed by atoms with van der Waals surface area (Å²) in [5.41, 5.74) is 2.38. The summed E-state index contributed by atoms with van der Waals surface area (Å²) in [6.07, 6.45) is 4.15. The van der Waals surface area contributed by atoms with E-state index < -0.39 is 0 Å². The maximum absolute atomic E-state index is 12.7.